The summed E-state index contributed by atoms with van der Waals surface area (Å²) in [7, 11) is 0. The number of rotatable bonds is 2. The van der Waals surface area contributed by atoms with Crippen LogP contribution in [0, 0.1) is 0 Å². The molecule has 1 aliphatic rings. The van der Waals surface area contributed by atoms with Crippen molar-refractivity contribution in [3.05, 3.63) is 48.2 Å². The van der Waals surface area contributed by atoms with Crippen LogP contribution < -0.4 is 0 Å². The fourth-order valence-electron chi connectivity index (χ4n) is 1.90. The summed E-state index contributed by atoms with van der Waals surface area (Å²) in [5.74, 6) is 0.311. The molecule has 0 saturated carbocycles. The first-order valence-electron chi connectivity index (χ1n) is 5.32. The van der Waals surface area contributed by atoms with Gasteiger partial charge in [-0.15, -0.1) is 0 Å². The first-order chi connectivity index (χ1) is 7.27. The first-order valence-corrected chi connectivity index (χ1v) is 5.32. The summed E-state index contributed by atoms with van der Waals surface area (Å²) in [6, 6.07) is 10.3. The van der Waals surface area contributed by atoms with Gasteiger partial charge in [0.15, 0.2) is 0 Å². The molecule has 1 aromatic carbocycles. The van der Waals surface area contributed by atoms with Crippen LogP contribution in [0.3, 0.4) is 0 Å². The van der Waals surface area contributed by atoms with Gasteiger partial charge < -0.3 is 9.84 Å². The van der Waals surface area contributed by atoms with E-state index >= 15 is 0 Å². The summed E-state index contributed by atoms with van der Waals surface area (Å²) in [6.07, 6.45) is 3.68. The molecule has 0 aliphatic carbocycles. The van der Waals surface area contributed by atoms with E-state index in [9.17, 15) is 5.11 Å². The first kappa shape index (κ1) is 10.2. The maximum atomic E-state index is 9.51. The second kappa shape index (κ2) is 4.49. The largest absolute Gasteiger partial charge is 0.498 e. The molecule has 1 aromatic rings. The van der Waals surface area contributed by atoms with Gasteiger partial charge in [-0.1, -0.05) is 37.3 Å². The summed E-state index contributed by atoms with van der Waals surface area (Å²) in [5, 5.41) is 9.51. The maximum Gasteiger partial charge on any atom is 0.107 e. The van der Waals surface area contributed by atoms with Gasteiger partial charge in [0.2, 0.25) is 0 Å². The summed E-state index contributed by atoms with van der Waals surface area (Å²) < 4.78 is 5.52. The molecule has 0 unspecified atom stereocenters. The second-order valence-corrected chi connectivity index (χ2v) is 4.01. The van der Waals surface area contributed by atoms with Crippen LogP contribution in [0.2, 0.25) is 0 Å². The van der Waals surface area contributed by atoms with Crippen molar-refractivity contribution in [2.45, 2.75) is 31.5 Å². The molecule has 2 heteroatoms. The van der Waals surface area contributed by atoms with Crippen LogP contribution in [-0.4, -0.2) is 17.3 Å². The highest BCUT2D eigenvalue weighted by Gasteiger charge is 2.24. The zero-order valence-corrected chi connectivity index (χ0v) is 8.84. The predicted molar refractivity (Wildman–Crippen MR) is 59.5 cm³/mol. The van der Waals surface area contributed by atoms with Crippen molar-refractivity contribution in [1.29, 1.82) is 0 Å². The Morgan fingerprint density at radius 3 is 2.73 bits per heavy atom. The molecule has 0 aromatic heterocycles. The molecule has 0 spiro atoms. The van der Waals surface area contributed by atoms with Crippen molar-refractivity contribution in [2.24, 2.45) is 0 Å². The van der Waals surface area contributed by atoms with Crippen LogP contribution in [0.5, 0.6) is 0 Å². The zero-order chi connectivity index (χ0) is 10.7. The monoisotopic (exact) mass is 204 g/mol. The van der Waals surface area contributed by atoms with Crippen molar-refractivity contribution < 1.29 is 9.84 Å². The SMILES string of the molecule is C[C@H](c1ccccc1)[C@H]1C[C@@H](O)C=CO1. The van der Waals surface area contributed by atoms with Gasteiger partial charge in [-0.25, -0.2) is 0 Å². The van der Waals surface area contributed by atoms with Crippen molar-refractivity contribution >= 4 is 0 Å². The predicted octanol–water partition coefficient (Wildman–Crippen LogP) is 2.45. The molecule has 1 heterocycles. The van der Waals surface area contributed by atoms with Gasteiger partial charge in [0, 0.05) is 12.3 Å². The topological polar surface area (TPSA) is 29.5 Å². The van der Waals surface area contributed by atoms with E-state index in [2.05, 4.69) is 19.1 Å². The Hall–Kier alpha value is -1.28. The molecule has 2 nitrogen and oxygen atoms in total. The molecule has 0 fully saturated rings. The Morgan fingerprint density at radius 2 is 2.07 bits per heavy atom. The number of hydrogen-bond donors (Lipinski definition) is 1. The standard InChI is InChI=1S/C13H16O2/c1-10(11-5-3-2-4-6-11)13-9-12(14)7-8-15-13/h2-8,10,12-14H,9H2,1H3/t10-,12+,13-/m1/s1. The minimum Gasteiger partial charge on any atom is -0.498 e. The van der Waals surface area contributed by atoms with Crippen LogP contribution in [0.4, 0.5) is 0 Å². The number of aliphatic hydroxyl groups excluding tert-OH is 1. The molecule has 0 radical (unpaired) electrons. The lowest BCUT2D eigenvalue weighted by Crippen LogP contribution is -2.26. The molecule has 3 atom stereocenters. The van der Waals surface area contributed by atoms with Gasteiger partial charge >= 0.3 is 0 Å². The summed E-state index contributed by atoms with van der Waals surface area (Å²) in [5.41, 5.74) is 1.25. The van der Waals surface area contributed by atoms with E-state index in [0.717, 1.165) is 0 Å². The minimum absolute atomic E-state index is 0.0763. The van der Waals surface area contributed by atoms with E-state index in [1.165, 1.54) is 5.56 Å². The maximum absolute atomic E-state index is 9.51. The highest BCUT2D eigenvalue weighted by atomic mass is 16.5. The van der Waals surface area contributed by atoms with E-state index in [1.54, 1.807) is 12.3 Å². The van der Waals surface area contributed by atoms with Gasteiger partial charge in [-0.05, 0) is 11.6 Å². The molecular weight excluding hydrogens is 188 g/mol. The quantitative estimate of drug-likeness (QED) is 0.801. The Morgan fingerprint density at radius 1 is 1.33 bits per heavy atom. The summed E-state index contributed by atoms with van der Waals surface area (Å²) in [4.78, 5) is 0. The highest BCUT2D eigenvalue weighted by Crippen LogP contribution is 2.26. The average molecular weight is 204 g/mol. The molecule has 15 heavy (non-hydrogen) atoms. The minimum atomic E-state index is -0.366. The Labute approximate surface area is 90.2 Å². The van der Waals surface area contributed by atoms with Crippen molar-refractivity contribution in [1.82, 2.24) is 0 Å². The molecule has 0 bridgehead atoms. The van der Waals surface area contributed by atoms with Crippen LogP contribution in [0.1, 0.15) is 24.8 Å². The fraction of sp³-hybridized carbons (Fsp3) is 0.385. The van der Waals surface area contributed by atoms with E-state index < -0.39 is 0 Å². The zero-order valence-electron chi connectivity index (χ0n) is 8.84. The van der Waals surface area contributed by atoms with Gasteiger partial charge in [0.1, 0.15) is 6.10 Å². The van der Waals surface area contributed by atoms with Crippen LogP contribution in [0.25, 0.3) is 0 Å². The third-order valence-corrected chi connectivity index (χ3v) is 2.91. The van der Waals surface area contributed by atoms with Crippen LogP contribution >= 0.6 is 0 Å². The average Bonchev–Trinajstić information content (AvgIpc) is 2.29. The number of ether oxygens (including phenoxy) is 1. The smallest absolute Gasteiger partial charge is 0.107 e. The molecule has 0 amide bonds. The third kappa shape index (κ3) is 2.39. The van der Waals surface area contributed by atoms with Crippen LogP contribution in [0.15, 0.2) is 42.7 Å². The molecule has 2 rings (SSSR count). The van der Waals surface area contributed by atoms with E-state index in [-0.39, 0.29) is 12.2 Å². The molecule has 1 aliphatic heterocycles. The van der Waals surface area contributed by atoms with Gasteiger partial charge in [0.05, 0.1) is 12.4 Å². The Kier molecular flexibility index (Phi) is 3.07. The third-order valence-electron chi connectivity index (χ3n) is 2.91. The fourth-order valence-corrected chi connectivity index (χ4v) is 1.90. The Balaban J connectivity index is 2.08. The molecule has 0 saturated heterocycles. The van der Waals surface area contributed by atoms with Crippen molar-refractivity contribution in [3.8, 4) is 0 Å². The van der Waals surface area contributed by atoms with Crippen molar-refractivity contribution in [3.63, 3.8) is 0 Å². The molecule has 1 N–H and O–H groups in total. The highest BCUT2D eigenvalue weighted by molar-refractivity contribution is 5.20. The van der Waals surface area contributed by atoms with E-state index in [1.807, 2.05) is 18.2 Å². The summed E-state index contributed by atoms with van der Waals surface area (Å²) >= 11 is 0. The normalized spacial score (nSPS) is 27.1. The number of benzene rings is 1. The van der Waals surface area contributed by atoms with Gasteiger partial charge in [-0.2, -0.15) is 0 Å². The number of hydrogen-bond acceptors (Lipinski definition) is 2. The van der Waals surface area contributed by atoms with E-state index in [0.29, 0.717) is 12.3 Å². The van der Waals surface area contributed by atoms with Crippen LogP contribution in [-0.2, 0) is 4.74 Å². The Bertz CT molecular complexity index is 332. The lowest BCUT2D eigenvalue weighted by Gasteiger charge is -2.28. The van der Waals surface area contributed by atoms with E-state index in [4.69, 9.17) is 4.74 Å². The molecule has 80 valence electrons. The summed E-state index contributed by atoms with van der Waals surface area (Å²) in [6.45, 7) is 2.13. The van der Waals surface area contributed by atoms with Gasteiger partial charge in [0.25, 0.3) is 0 Å². The second-order valence-electron chi connectivity index (χ2n) is 4.01. The van der Waals surface area contributed by atoms with Crippen molar-refractivity contribution in [2.75, 3.05) is 0 Å². The number of aliphatic hydroxyl groups is 1. The lowest BCUT2D eigenvalue weighted by molar-refractivity contribution is 0.0502. The molecular formula is C13H16O2. The lowest BCUT2D eigenvalue weighted by atomic mass is 9.91. The van der Waals surface area contributed by atoms with Gasteiger partial charge in [-0.3, -0.25) is 0 Å².